The summed E-state index contributed by atoms with van der Waals surface area (Å²) >= 11 is 0. The average Bonchev–Trinajstić information content (AvgIpc) is 2.78. The topological polar surface area (TPSA) is 69.7 Å². The summed E-state index contributed by atoms with van der Waals surface area (Å²) in [4.78, 5) is 17.1. The van der Waals surface area contributed by atoms with Crippen LogP contribution in [0.5, 0.6) is 17.2 Å². The molecule has 0 bridgehead atoms. The van der Waals surface area contributed by atoms with Crippen LogP contribution in [0.3, 0.4) is 0 Å². The number of pyridine rings is 1. The van der Waals surface area contributed by atoms with Crippen molar-refractivity contribution in [3.05, 3.63) is 90.3 Å². The van der Waals surface area contributed by atoms with Crippen molar-refractivity contribution in [1.29, 1.82) is 0 Å². The molecule has 0 aliphatic heterocycles. The van der Waals surface area contributed by atoms with Crippen LogP contribution in [0, 0.1) is 0 Å². The fourth-order valence-electron chi connectivity index (χ4n) is 2.99. The van der Waals surface area contributed by atoms with E-state index in [-0.39, 0.29) is 5.91 Å². The number of hydrogen-bond acceptors (Lipinski definition) is 5. The van der Waals surface area contributed by atoms with Crippen molar-refractivity contribution in [3.8, 4) is 17.2 Å². The number of aromatic nitrogens is 1. The molecule has 0 radical (unpaired) electrons. The zero-order chi connectivity index (χ0) is 21.3. The van der Waals surface area contributed by atoms with Gasteiger partial charge in [-0.05, 0) is 42.8 Å². The van der Waals surface area contributed by atoms with Crippen molar-refractivity contribution in [2.24, 2.45) is 0 Å². The maximum Gasteiger partial charge on any atom is 0.255 e. The summed E-state index contributed by atoms with van der Waals surface area (Å²) in [6.07, 6.45) is 4.03. The van der Waals surface area contributed by atoms with Gasteiger partial charge in [-0.1, -0.05) is 18.2 Å². The van der Waals surface area contributed by atoms with Crippen LogP contribution in [0.15, 0.2) is 73.4 Å². The Balaban J connectivity index is 1.75. The Morgan fingerprint density at radius 1 is 1.10 bits per heavy atom. The van der Waals surface area contributed by atoms with Crippen LogP contribution in [0.25, 0.3) is 0 Å². The van der Waals surface area contributed by atoms with E-state index in [1.807, 2.05) is 30.3 Å². The number of benzene rings is 2. The molecule has 0 atom stereocenters. The highest BCUT2D eigenvalue weighted by Crippen LogP contribution is 2.33. The van der Waals surface area contributed by atoms with Gasteiger partial charge in [-0.25, -0.2) is 0 Å². The van der Waals surface area contributed by atoms with Crippen LogP contribution in [0.4, 0.5) is 5.69 Å². The number of rotatable bonds is 9. The van der Waals surface area contributed by atoms with E-state index in [9.17, 15) is 4.79 Å². The Kier molecular flexibility index (Phi) is 7.05. The van der Waals surface area contributed by atoms with Crippen molar-refractivity contribution < 1.29 is 19.0 Å². The summed E-state index contributed by atoms with van der Waals surface area (Å²) < 4.78 is 16.6. The highest BCUT2D eigenvalue weighted by molar-refractivity contribution is 6.05. The van der Waals surface area contributed by atoms with Crippen molar-refractivity contribution in [2.75, 3.05) is 19.5 Å². The van der Waals surface area contributed by atoms with Gasteiger partial charge in [0.2, 0.25) is 0 Å². The van der Waals surface area contributed by atoms with E-state index in [1.54, 1.807) is 50.8 Å². The van der Waals surface area contributed by atoms with Crippen LogP contribution in [-0.2, 0) is 13.0 Å². The van der Waals surface area contributed by atoms with Gasteiger partial charge in [0.15, 0.2) is 11.5 Å². The largest absolute Gasteiger partial charge is 0.493 e. The van der Waals surface area contributed by atoms with Crippen molar-refractivity contribution in [1.82, 2.24) is 4.98 Å². The van der Waals surface area contributed by atoms with Crippen LogP contribution in [-0.4, -0.2) is 25.1 Å². The molecule has 6 nitrogen and oxygen atoms in total. The van der Waals surface area contributed by atoms with Crippen LogP contribution >= 0.6 is 0 Å². The molecule has 0 saturated carbocycles. The summed E-state index contributed by atoms with van der Waals surface area (Å²) in [7, 11) is 3.11. The minimum atomic E-state index is -0.261. The van der Waals surface area contributed by atoms with E-state index in [0.29, 0.717) is 41.5 Å². The molecule has 0 aliphatic carbocycles. The molecular weight excluding hydrogens is 380 g/mol. The van der Waals surface area contributed by atoms with E-state index in [4.69, 9.17) is 14.2 Å². The summed E-state index contributed by atoms with van der Waals surface area (Å²) in [5.74, 6) is 1.47. The number of methoxy groups -OCH3 is 2. The van der Waals surface area contributed by atoms with Gasteiger partial charge < -0.3 is 19.5 Å². The van der Waals surface area contributed by atoms with Crippen LogP contribution < -0.4 is 19.5 Å². The Labute approximate surface area is 176 Å². The Morgan fingerprint density at radius 2 is 1.97 bits per heavy atom. The Hall–Kier alpha value is -3.80. The summed E-state index contributed by atoms with van der Waals surface area (Å²) in [5.41, 5.74) is 2.74. The van der Waals surface area contributed by atoms with Gasteiger partial charge in [-0.3, -0.25) is 9.78 Å². The highest BCUT2D eigenvalue weighted by atomic mass is 16.5. The second-order valence-corrected chi connectivity index (χ2v) is 6.46. The van der Waals surface area contributed by atoms with E-state index in [1.165, 1.54) is 0 Å². The molecule has 30 heavy (non-hydrogen) atoms. The van der Waals surface area contributed by atoms with Gasteiger partial charge in [0, 0.05) is 29.1 Å². The fraction of sp³-hybridized carbons (Fsp3) is 0.167. The zero-order valence-electron chi connectivity index (χ0n) is 17.1. The number of amides is 1. The summed E-state index contributed by atoms with van der Waals surface area (Å²) in [6.45, 7) is 4.11. The van der Waals surface area contributed by atoms with E-state index < -0.39 is 0 Å². The number of anilines is 1. The van der Waals surface area contributed by atoms with Crippen molar-refractivity contribution >= 4 is 11.6 Å². The second kappa shape index (κ2) is 10.1. The lowest BCUT2D eigenvalue weighted by Crippen LogP contribution is -2.13. The normalized spacial score (nSPS) is 10.2. The summed E-state index contributed by atoms with van der Waals surface area (Å²) in [6, 6.07) is 16.3. The van der Waals surface area contributed by atoms with Gasteiger partial charge in [-0.15, -0.1) is 6.58 Å². The molecule has 2 aromatic carbocycles. The van der Waals surface area contributed by atoms with Gasteiger partial charge in [-0.2, -0.15) is 0 Å². The monoisotopic (exact) mass is 404 g/mol. The average molecular weight is 404 g/mol. The molecule has 6 heteroatoms. The SMILES string of the molecule is C=CCc1cc(C(=O)Nc2cccc(OCc3ccccn3)c2)cc(OC)c1OC. The Morgan fingerprint density at radius 3 is 2.67 bits per heavy atom. The second-order valence-electron chi connectivity index (χ2n) is 6.46. The molecule has 1 N–H and O–H groups in total. The lowest BCUT2D eigenvalue weighted by molar-refractivity contribution is 0.102. The van der Waals surface area contributed by atoms with E-state index in [2.05, 4.69) is 16.9 Å². The zero-order valence-corrected chi connectivity index (χ0v) is 17.1. The smallest absolute Gasteiger partial charge is 0.255 e. The molecule has 0 unspecified atom stereocenters. The van der Waals surface area contributed by atoms with Gasteiger partial charge in [0.05, 0.1) is 19.9 Å². The number of allylic oxidation sites excluding steroid dienone is 1. The van der Waals surface area contributed by atoms with Gasteiger partial charge in [0.25, 0.3) is 5.91 Å². The molecule has 1 heterocycles. The molecule has 0 spiro atoms. The van der Waals surface area contributed by atoms with E-state index in [0.717, 1.165) is 11.3 Å². The predicted octanol–water partition coefficient (Wildman–Crippen LogP) is 4.66. The predicted molar refractivity (Wildman–Crippen MR) is 116 cm³/mol. The molecule has 0 aliphatic rings. The fourth-order valence-corrected chi connectivity index (χ4v) is 2.99. The molecule has 1 amide bonds. The lowest BCUT2D eigenvalue weighted by atomic mass is 10.0. The first kappa shape index (κ1) is 20.9. The van der Waals surface area contributed by atoms with E-state index >= 15 is 0 Å². The number of nitrogens with zero attached hydrogens (tertiary/aromatic N) is 1. The first-order valence-electron chi connectivity index (χ1n) is 9.44. The number of hydrogen-bond donors (Lipinski definition) is 1. The third kappa shape index (κ3) is 5.17. The molecule has 154 valence electrons. The number of carbonyl (C=O) groups excluding carboxylic acids is 1. The maximum absolute atomic E-state index is 12.8. The minimum absolute atomic E-state index is 0.261. The van der Waals surface area contributed by atoms with Gasteiger partial charge >= 0.3 is 0 Å². The number of carbonyl (C=O) groups is 1. The van der Waals surface area contributed by atoms with Crippen molar-refractivity contribution in [2.45, 2.75) is 13.0 Å². The summed E-state index contributed by atoms with van der Waals surface area (Å²) in [5, 5.41) is 2.90. The molecule has 0 saturated heterocycles. The third-order valence-electron chi connectivity index (χ3n) is 4.39. The quantitative estimate of drug-likeness (QED) is 0.526. The minimum Gasteiger partial charge on any atom is -0.493 e. The molecule has 3 rings (SSSR count). The molecule has 0 fully saturated rings. The molecule has 1 aromatic heterocycles. The van der Waals surface area contributed by atoms with Gasteiger partial charge in [0.1, 0.15) is 12.4 Å². The first-order chi connectivity index (χ1) is 14.6. The number of nitrogens with one attached hydrogen (secondary N) is 1. The van der Waals surface area contributed by atoms with Crippen LogP contribution in [0.1, 0.15) is 21.6 Å². The lowest BCUT2D eigenvalue weighted by Gasteiger charge is -2.14. The molecular formula is C24H24N2O4. The van der Waals surface area contributed by atoms with Crippen LogP contribution in [0.2, 0.25) is 0 Å². The standard InChI is InChI=1S/C24H24N2O4/c1-4-8-17-13-18(14-22(28-2)23(17)29-3)24(27)26-19-10-7-11-21(15-19)30-16-20-9-5-6-12-25-20/h4-7,9-15H,1,8,16H2,2-3H3,(H,26,27). The highest BCUT2D eigenvalue weighted by Gasteiger charge is 2.16. The first-order valence-corrected chi connectivity index (χ1v) is 9.44. The number of ether oxygens (including phenoxy) is 3. The molecule has 3 aromatic rings. The Bertz CT molecular complexity index is 1020. The van der Waals surface area contributed by atoms with Crippen molar-refractivity contribution in [3.63, 3.8) is 0 Å². The maximum atomic E-state index is 12.8. The third-order valence-corrected chi connectivity index (χ3v) is 4.39.